The Morgan fingerprint density at radius 1 is 1.47 bits per heavy atom. The van der Waals surface area contributed by atoms with E-state index in [0.29, 0.717) is 11.6 Å². The highest BCUT2D eigenvalue weighted by Gasteiger charge is 2.21. The van der Waals surface area contributed by atoms with Crippen molar-refractivity contribution in [2.75, 3.05) is 5.32 Å². The molecule has 0 atom stereocenters. The Labute approximate surface area is 97.6 Å². The maximum Gasteiger partial charge on any atom is 0.296 e. The van der Waals surface area contributed by atoms with E-state index in [-0.39, 0.29) is 11.2 Å². The van der Waals surface area contributed by atoms with Crippen molar-refractivity contribution in [3.05, 3.63) is 24.0 Å². The number of aromatic amines is 1. The van der Waals surface area contributed by atoms with Crippen LogP contribution in [0.3, 0.4) is 0 Å². The number of hydrogen-bond donors (Lipinski definition) is 2. The summed E-state index contributed by atoms with van der Waals surface area (Å²) in [6.07, 6.45) is 1.37. The number of rotatable bonds is 2. The minimum absolute atomic E-state index is 0.0814. The molecule has 0 bridgehead atoms. The summed E-state index contributed by atoms with van der Waals surface area (Å²) >= 11 is 0. The summed E-state index contributed by atoms with van der Waals surface area (Å²) in [4.78, 5) is 15.8. The van der Waals surface area contributed by atoms with Crippen LogP contribution in [0.25, 0.3) is 0 Å². The Morgan fingerprint density at radius 3 is 2.76 bits per heavy atom. The normalized spacial score (nSPS) is 11.5. The van der Waals surface area contributed by atoms with Crippen LogP contribution in [-0.4, -0.2) is 26.2 Å². The van der Waals surface area contributed by atoms with E-state index in [9.17, 15) is 4.79 Å². The summed E-state index contributed by atoms with van der Waals surface area (Å²) in [7, 11) is 0. The Bertz CT molecular complexity index is 509. The number of nitrogens with zero attached hydrogens (tertiary/aromatic N) is 3. The van der Waals surface area contributed by atoms with Gasteiger partial charge in [-0.05, 0) is 0 Å². The fourth-order valence-corrected chi connectivity index (χ4v) is 1.15. The van der Waals surface area contributed by atoms with Crippen molar-refractivity contribution in [2.24, 2.45) is 0 Å². The molecule has 0 aliphatic rings. The van der Waals surface area contributed by atoms with Gasteiger partial charge in [0.15, 0.2) is 5.82 Å². The van der Waals surface area contributed by atoms with Gasteiger partial charge in [-0.15, -0.1) is 5.10 Å². The molecule has 17 heavy (non-hydrogen) atoms. The lowest BCUT2D eigenvalue weighted by Gasteiger charge is -2.12. The van der Waals surface area contributed by atoms with Crippen LogP contribution in [0.2, 0.25) is 0 Å². The molecule has 7 heteroatoms. The first-order valence-corrected chi connectivity index (χ1v) is 5.11. The highest BCUT2D eigenvalue weighted by Crippen LogP contribution is 2.17. The molecule has 0 aliphatic carbocycles. The Morgan fingerprint density at radius 2 is 2.24 bits per heavy atom. The molecule has 1 amide bonds. The van der Waals surface area contributed by atoms with Crippen molar-refractivity contribution in [3.8, 4) is 0 Å². The summed E-state index contributed by atoms with van der Waals surface area (Å²) in [5, 5.41) is 12.7. The number of amides is 1. The Kier molecular flexibility index (Phi) is 2.66. The number of carbonyl (C=O) groups excluding carboxylic acids is 1. The summed E-state index contributed by atoms with van der Waals surface area (Å²) in [6, 6.07) is 1.54. The number of carbonyl (C=O) groups is 1. The van der Waals surface area contributed by atoms with Crippen LogP contribution < -0.4 is 5.32 Å². The van der Waals surface area contributed by atoms with Gasteiger partial charge < -0.3 is 9.84 Å². The minimum atomic E-state index is -0.425. The first-order valence-electron chi connectivity index (χ1n) is 5.11. The predicted octanol–water partition coefficient (Wildman–Crippen LogP) is 1.34. The van der Waals surface area contributed by atoms with Crippen LogP contribution in [0.4, 0.5) is 5.82 Å². The predicted molar refractivity (Wildman–Crippen MR) is 59.5 cm³/mol. The molecule has 7 nitrogen and oxygen atoms in total. The van der Waals surface area contributed by atoms with Crippen molar-refractivity contribution in [1.29, 1.82) is 0 Å². The third-order valence-corrected chi connectivity index (χ3v) is 2.08. The quantitative estimate of drug-likeness (QED) is 0.818. The second kappa shape index (κ2) is 4.00. The molecule has 0 fully saturated rings. The van der Waals surface area contributed by atoms with Crippen LogP contribution in [0.5, 0.6) is 0 Å². The molecule has 90 valence electrons. The minimum Gasteiger partial charge on any atom is -0.363 e. The smallest absolute Gasteiger partial charge is 0.296 e. The van der Waals surface area contributed by atoms with Crippen LogP contribution in [0.1, 0.15) is 37.2 Å². The summed E-state index contributed by atoms with van der Waals surface area (Å²) in [5.74, 6) is 0.642. The van der Waals surface area contributed by atoms with Crippen LogP contribution >= 0.6 is 0 Å². The van der Waals surface area contributed by atoms with Gasteiger partial charge in [-0.2, -0.15) is 0 Å². The number of nitrogens with one attached hydrogen (secondary N) is 2. The van der Waals surface area contributed by atoms with E-state index in [1.165, 1.54) is 12.3 Å². The van der Waals surface area contributed by atoms with E-state index in [0.717, 1.165) is 0 Å². The van der Waals surface area contributed by atoms with E-state index >= 15 is 0 Å². The first kappa shape index (κ1) is 11.3. The van der Waals surface area contributed by atoms with Gasteiger partial charge in [0.05, 0.1) is 0 Å². The molecule has 2 aromatic rings. The van der Waals surface area contributed by atoms with Gasteiger partial charge in [0, 0.05) is 11.5 Å². The zero-order valence-electron chi connectivity index (χ0n) is 9.81. The average Bonchev–Trinajstić information content (AvgIpc) is 2.85. The SMILES string of the molecule is CC(C)(C)c1nc(C(=O)Nc2ccon2)n[nH]1. The molecule has 0 unspecified atom stereocenters. The number of anilines is 1. The topological polar surface area (TPSA) is 96.7 Å². The van der Waals surface area contributed by atoms with Gasteiger partial charge in [-0.3, -0.25) is 9.89 Å². The molecule has 0 saturated carbocycles. The molecule has 0 aromatic carbocycles. The second-order valence-electron chi connectivity index (χ2n) is 4.60. The molecule has 2 rings (SSSR count). The van der Waals surface area contributed by atoms with Crippen molar-refractivity contribution in [1.82, 2.24) is 20.3 Å². The summed E-state index contributed by atoms with van der Waals surface area (Å²) < 4.78 is 4.60. The van der Waals surface area contributed by atoms with E-state index in [1.807, 2.05) is 20.8 Å². The lowest BCUT2D eigenvalue weighted by atomic mass is 9.96. The Hall–Kier alpha value is -2.18. The highest BCUT2D eigenvalue weighted by molar-refractivity contribution is 6.00. The van der Waals surface area contributed by atoms with Crippen LogP contribution in [-0.2, 0) is 5.41 Å². The largest absolute Gasteiger partial charge is 0.363 e. The zero-order chi connectivity index (χ0) is 12.5. The summed E-state index contributed by atoms with van der Waals surface area (Å²) in [5.41, 5.74) is -0.181. The number of hydrogen-bond acceptors (Lipinski definition) is 5. The third-order valence-electron chi connectivity index (χ3n) is 2.08. The fourth-order valence-electron chi connectivity index (χ4n) is 1.15. The molecule has 2 heterocycles. The Balaban J connectivity index is 2.13. The average molecular weight is 235 g/mol. The van der Waals surface area contributed by atoms with Gasteiger partial charge in [-0.25, -0.2) is 4.98 Å². The lowest BCUT2D eigenvalue weighted by molar-refractivity contribution is 0.101. The second-order valence-corrected chi connectivity index (χ2v) is 4.60. The van der Waals surface area contributed by atoms with E-state index in [1.54, 1.807) is 0 Å². The van der Waals surface area contributed by atoms with Crippen molar-refractivity contribution >= 4 is 11.7 Å². The van der Waals surface area contributed by atoms with Crippen molar-refractivity contribution in [3.63, 3.8) is 0 Å². The molecular formula is C10H13N5O2. The molecule has 0 saturated heterocycles. The molecule has 0 radical (unpaired) electrons. The fraction of sp³-hybridized carbons (Fsp3) is 0.400. The van der Waals surface area contributed by atoms with E-state index in [2.05, 4.69) is 30.2 Å². The van der Waals surface area contributed by atoms with Crippen LogP contribution in [0.15, 0.2) is 16.9 Å². The maximum atomic E-state index is 11.7. The molecular weight excluding hydrogens is 222 g/mol. The third kappa shape index (κ3) is 2.49. The number of H-pyrrole nitrogens is 1. The first-order chi connectivity index (χ1) is 7.97. The molecule has 0 aliphatic heterocycles. The highest BCUT2D eigenvalue weighted by atomic mass is 16.5. The standard InChI is InChI=1S/C10H13N5O2/c1-10(2,3)9-12-7(13-14-9)8(16)11-6-4-5-17-15-6/h4-5H,1-3H3,(H,11,15,16)(H,12,13,14). The summed E-state index contributed by atoms with van der Waals surface area (Å²) in [6.45, 7) is 5.94. The lowest BCUT2D eigenvalue weighted by Crippen LogP contribution is -2.16. The van der Waals surface area contributed by atoms with Crippen molar-refractivity contribution in [2.45, 2.75) is 26.2 Å². The zero-order valence-corrected chi connectivity index (χ0v) is 9.81. The molecule has 2 aromatic heterocycles. The van der Waals surface area contributed by atoms with Crippen molar-refractivity contribution < 1.29 is 9.32 Å². The van der Waals surface area contributed by atoms with Crippen LogP contribution in [0, 0.1) is 0 Å². The van der Waals surface area contributed by atoms with Gasteiger partial charge in [-0.1, -0.05) is 25.9 Å². The monoisotopic (exact) mass is 235 g/mol. The van der Waals surface area contributed by atoms with Gasteiger partial charge in [0.1, 0.15) is 12.1 Å². The van der Waals surface area contributed by atoms with E-state index < -0.39 is 5.91 Å². The van der Waals surface area contributed by atoms with Gasteiger partial charge >= 0.3 is 0 Å². The van der Waals surface area contributed by atoms with Gasteiger partial charge in [0.25, 0.3) is 5.91 Å². The van der Waals surface area contributed by atoms with Gasteiger partial charge in [0.2, 0.25) is 5.82 Å². The maximum absolute atomic E-state index is 11.7. The molecule has 2 N–H and O–H groups in total. The molecule has 0 spiro atoms. The number of aromatic nitrogens is 4. The van der Waals surface area contributed by atoms with E-state index in [4.69, 9.17) is 0 Å².